The van der Waals surface area contributed by atoms with E-state index in [4.69, 9.17) is 16.3 Å². The summed E-state index contributed by atoms with van der Waals surface area (Å²) in [4.78, 5) is 6.22. The van der Waals surface area contributed by atoms with Crippen molar-refractivity contribution in [2.45, 2.75) is 0 Å². The van der Waals surface area contributed by atoms with E-state index in [1.165, 1.54) is 6.20 Å². The Kier molecular flexibility index (Phi) is 6.24. The molecule has 6 heteroatoms. The predicted molar refractivity (Wildman–Crippen MR) is 97.4 cm³/mol. The lowest BCUT2D eigenvalue weighted by atomic mass is 10.2. The van der Waals surface area contributed by atoms with E-state index in [2.05, 4.69) is 27.0 Å². The molecule has 1 saturated heterocycles. The van der Waals surface area contributed by atoms with Gasteiger partial charge in [0.15, 0.2) is 0 Å². The second-order valence-electron chi connectivity index (χ2n) is 5.70. The van der Waals surface area contributed by atoms with Gasteiger partial charge in [-0.3, -0.25) is 4.90 Å². The van der Waals surface area contributed by atoms with E-state index in [-0.39, 0.29) is 10.7 Å². The van der Waals surface area contributed by atoms with E-state index in [1.54, 1.807) is 0 Å². The molecule has 1 aliphatic heterocycles. The SMILES string of the molecule is Fc1cc(Cl)ncc1C#Cc1cccc(NCCN2CCOCC2)c1. The van der Waals surface area contributed by atoms with Crippen LogP contribution in [-0.2, 0) is 4.74 Å². The van der Waals surface area contributed by atoms with Crippen LogP contribution >= 0.6 is 11.6 Å². The molecule has 25 heavy (non-hydrogen) atoms. The van der Waals surface area contributed by atoms with Crippen LogP contribution in [0.1, 0.15) is 11.1 Å². The molecule has 2 aromatic rings. The zero-order valence-electron chi connectivity index (χ0n) is 13.8. The Morgan fingerprint density at radius 2 is 2.08 bits per heavy atom. The zero-order chi connectivity index (χ0) is 17.5. The molecule has 1 N–H and O–H groups in total. The van der Waals surface area contributed by atoms with Gasteiger partial charge in [0, 0.05) is 49.7 Å². The van der Waals surface area contributed by atoms with Gasteiger partial charge in [0.25, 0.3) is 0 Å². The number of nitrogens with zero attached hydrogens (tertiary/aromatic N) is 2. The molecule has 0 saturated carbocycles. The maximum absolute atomic E-state index is 13.7. The maximum atomic E-state index is 13.7. The number of nitrogens with one attached hydrogen (secondary N) is 1. The van der Waals surface area contributed by atoms with Crippen LogP contribution in [0.3, 0.4) is 0 Å². The first-order valence-electron chi connectivity index (χ1n) is 8.18. The highest BCUT2D eigenvalue weighted by Crippen LogP contribution is 2.12. The summed E-state index contributed by atoms with van der Waals surface area (Å²) in [5, 5.41) is 3.52. The summed E-state index contributed by atoms with van der Waals surface area (Å²) in [6.45, 7) is 5.40. The molecule has 0 spiro atoms. The second-order valence-corrected chi connectivity index (χ2v) is 6.09. The molecule has 0 unspecified atom stereocenters. The molecule has 2 heterocycles. The molecular formula is C19H19ClFN3O. The van der Waals surface area contributed by atoms with E-state index in [9.17, 15) is 4.39 Å². The lowest BCUT2D eigenvalue weighted by molar-refractivity contribution is 0.0398. The van der Waals surface area contributed by atoms with E-state index in [1.807, 2.05) is 24.3 Å². The van der Waals surface area contributed by atoms with Crippen molar-refractivity contribution in [3.63, 3.8) is 0 Å². The molecular weight excluding hydrogens is 341 g/mol. The molecule has 4 nitrogen and oxygen atoms in total. The van der Waals surface area contributed by atoms with Crippen LogP contribution in [0.5, 0.6) is 0 Å². The number of ether oxygens (including phenoxy) is 1. The van der Waals surface area contributed by atoms with Crippen molar-refractivity contribution in [3.8, 4) is 11.8 Å². The zero-order valence-corrected chi connectivity index (χ0v) is 14.5. The van der Waals surface area contributed by atoms with Crippen LogP contribution in [-0.4, -0.2) is 49.3 Å². The number of pyridine rings is 1. The second kappa shape index (κ2) is 8.82. The number of hydrogen-bond acceptors (Lipinski definition) is 4. The maximum Gasteiger partial charge on any atom is 0.143 e. The molecule has 0 atom stereocenters. The van der Waals surface area contributed by atoms with Crippen LogP contribution in [0, 0.1) is 17.7 Å². The highest BCUT2D eigenvalue weighted by atomic mass is 35.5. The number of rotatable bonds is 4. The normalized spacial score (nSPS) is 14.6. The topological polar surface area (TPSA) is 37.4 Å². The quantitative estimate of drug-likeness (QED) is 0.672. The summed E-state index contributed by atoms with van der Waals surface area (Å²) in [6.07, 6.45) is 1.34. The minimum absolute atomic E-state index is 0.120. The summed E-state index contributed by atoms with van der Waals surface area (Å²) in [7, 11) is 0. The van der Waals surface area contributed by atoms with Crippen molar-refractivity contribution >= 4 is 17.3 Å². The summed E-state index contributed by atoms with van der Waals surface area (Å²) >= 11 is 5.64. The Hall–Kier alpha value is -2.13. The fourth-order valence-corrected chi connectivity index (χ4v) is 2.67. The Bertz CT molecular complexity index is 782. The third kappa shape index (κ3) is 5.43. The smallest absolute Gasteiger partial charge is 0.143 e. The van der Waals surface area contributed by atoms with Crippen LogP contribution in [0.15, 0.2) is 36.5 Å². The molecule has 0 radical (unpaired) electrons. The van der Waals surface area contributed by atoms with Crippen LogP contribution in [0.4, 0.5) is 10.1 Å². The predicted octanol–water partition coefficient (Wildman–Crippen LogP) is 3.02. The van der Waals surface area contributed by atoms with Crippen molar-refractivity contribution in [3.05, 3.63) is 58.6 Å². The summed E-state index contributed by atoms with van der Waals surface area (Å²) in [6, 6.07) is 8.93. The van der Waals surface area contributed by atoms with Gasteiger partial charge in [-0.25, -0.2) is 9.37 Å². The summed E-state index contributed by atoms with van der Waals surface area (Å²) in [5.41, 5.74) is 2.04. The number of halogens is 2. The molecule has 1 aromatic heterocycles. The van der Waals surface area contributed by atoms with Gasteiger partial charge in [0.2, 0.25) is 0 Å². The third-order valence-electron chi connectivity index (χ3n) is 3.89. The molecule has 130 valence electrons. The molecule has 1 aromatic carbocycles. The highest BCUT2D eigenvalue weighted by molar-refractivity contribution is 6.29. The monoisotopic (exact) mass is 359 g/mol. The van der Waals surface area contributed by atoms with Crippen molar-refractivity contribution < 1.29 is 9.13 Å². The largest absolute Gasteiger partial charge is 0.384 e. The van der Waals surface area contributed by atoms with E-state index in [0.717, 1.165) is 56.7 Å². The first kappa shape index (κ1) is 17.7. The highest BCUT2D eigenvalue weighted by Gasteiger charge is 2.09. The van der Waals surface area contributed by atoms with E-state index >= 15 is 0 Å². The standard InChI is InChI=1S/C19H19ClFN3O/c20-19-13-18(21)16(14-23-19)5-4-15-2-1-3-17(12-15)22-6-7-24-8-10-25-11-9-24/h1-3,12-14,22H,6-11H2. The lowest BCUT2D eigenvalue weighted by Crippen LogP contribution is -2.39. The van der Waals surface area contributed by atoms with Crippen LogP contribution < -0.4 is 5.32 Å². The van der Waals surface area contributed by atoms with Gasteiger partial charge in [-0.1, -0.05) is 29.5 Å². The van der Waals surface area contributed by atoms with E-state index in [0.29, 0.717) is 0 Å². The number of morpholine rings is 1. The third-order valence-corrected chi connectivity index (χ3v) is 4.09. The number of benzene rings is 1. The summed E-state index contributed by atoms with van der Waals surface area (Å²) < 4.78 is 19.1. The van der Waals surface area contributed by atoms with Gasteiger partial charge in [-0.2, -0.15) is 0 Å². The van der Waals surface area contributed by atoms with Crippen molar-refractivity contribution in [2.75, 3.05) is 44.7 Å². The van der Waals surface area contributed by atoms with Gasteiger partial charge in [-0.05, 0) is 18.2 Å². The van der Waals surface area contributed by atoms with Gasteiger partial charge < -0.3 is 10.1 Å². The van der Waals surface area contributed by atoms with Crippen LogP contribution in [0.2, 0.25) is 5.15 Å². The van der Waals surface area contributed by atoms with Gasteiger partial charge in [0.05, 0.1) is 18.8 Å². The average molecular weight is 360 g/mol. The number of anilines is 1. The molecule has 1 fully saturated rings. The minimum atomic E-state index is -0.465. The molecule has 0 aliphatic carbocycles. The molecule has 1 aliphatic rings. The molecule has 3 rings (SSSR count). The van der Waals surface area contributed by atoms with Gasteiger partial charge in [0.1, 0.15) is 11.0 Å². The first-order valence-corrected chi connectivity index (χ1v) is 8.55. The lowest BCUT2D eigenvalue weighted by Gasteiger charge is -2.26. The Balaban J connectivity index is 1.58. The Morgan fingerprint density at radius 3 is 2.88 bits per heavy atom. The minimum Gasteiger partial charge on any atom is -0.384 e. The average Bonchev–Trinajstić information content (AvgIpc) is 2.62. The van der Waals surface area contributed by atoms with Gasteiger partial charge >= 0.3 is 0 Å². The molecule has 0 amide bonds. The van der Waals surface area contributed by atoms with Crippen LogP contribution in [0.25, 0.3) is 0 Å². The van der Waals surface area contributed by atoms with Gasteiger partial charge in [-0.15, -0.1) is 0 Å². The van der Waals surface area contributed by atoms with Crippen molar-refractivity contribution in [2.24, 2.45) is 0 Å². The Morgan fingerprint density at radius 1 is 1.24 bits per heavy atom. The fraction of sp³-hybridized carbons (Fsp3) is 0.316. The number of hydrogen-bond donors (Lipinski definition) is 1. The Labute approximate surface area is 152 Å². The van der Waals surface area contributed by atoms with E-state index < -0.39 is 5.82 Å². The summed E-state index contributed by atoms with van der Waals surface area (Å²) in [5.74, 6) is 5.29. The first-order chi connectivity index (χ1) is 12.2. The number of aromatic nitrogens is 1. The molecule has 0 bridgehead atoms. The fourth-order valence-electron chi connectivity index (χ4n) is 2.53. The van der Waals surface area contributed by atoms with Crippen molar-refractivity contribution in [1.29, 1.82) is 0 Å². The van der Waals surface area contributed by atoms with Crippen molar-refractivity contribution in [1.82, 2.24) is 9.88 Å².